The molecule has 1 fully saturated rings. The molecule has 0 unspecified atom stereocenters. The number of pyridine rings is 3. The second kappa shape index (κ2) is 8.99. The van der Waals surface area contributed by atoms with Crippen LogP contribution in [0.1, 0.15) is 28.8 Å². The molecule has 0 spiro atoms. The number of nitrogens with zero attached hydrogens (tertiary/aromatic N) is 5. The van der Waals surface area contributed by atoms with Crippen LogP contribution in [0.15, 0.2) is 48.9 Å². The van der Waals surface area contributed by atoms with Gasteiger partial charge in [-0.25, -0.2) is 9.97 Å². The van der Waals surface area contributed by atoms with Crippen molar-refractivity contribution >= 4 is 34.6 Å². The standard InChI is InChI=1S/C25H27N7O/c1-26-14-19-20(16-33)21(29-22-6-5-7-23(30-22)32-11-3-4-12-32)15-28-24(19)17-8-10-27-25-18(17)9-13-31(25)2/h5-10,13,15-16,26H,3-4,11-12,14H2,1-2H3,(H,29,30). The first-order chi connectivity index (χ1) is 16.2. The van der Waals surface area contributed by atoms with Crippen LogP contribution in [0, 0.1) is 0 Å². The van der Waals surface area contributed by atoms with Crippen molar-refractivity contribution in [2.24, 2.45) is 7.05 Å². The minimum atomic E-state index is 0.504. The van der Waals surface area contributed by atoms with Gasteiger partial charge in [-0.05, 0) is 44.2 Å². The van der Waals surface area contributed by atoms with E-state index in [1.165, 1.54) is 12.8 Å². The molecule has 8 heteroatoms. The van der Waals surface area contributed by atoms with Crippen LogP contribution >= 0.6 is 0 Å². The van der Waals surface area contributed by atoms with Crippen LogP contribution in [0.2, 0.25) is 0 Å². The minimum absolute atomic E-state index is 0.504. The molecule has 0 aromatic carbocycles. The van der Waals surface area contributed by atoms with E-state index in [2.05, 4.69) is 20.5 Å². The Kier molecular flexibility index (Phi) is 5.75. The number of carbonyl (C=O) groups excluding carboxylic acids is 1. The first-order valence-corrected chi connectivity index (χ1v) is 11.2. The lowest BCUT2D eigenvalue weighted by atomic mass is 9.99. The van der Waals surface area contributed by atoms with E-state index in [0.717, 1.165) is 53.0 Å². The Labute approximate surface area is 192 Å². The Hall–Kier alpha value is -3.78. The number of hydrogen-bond donors (Lipinski definition) is 2. The van der Waals surface area contributed by atoms with Gasteiger partial charge >= 0.3 is 0 Å². The molecule has 0 atom stereocenters. The van der Waals surface area contributed by atoms with E-state index in [-0.39, 0.29) is 0 Å². The van der Waals surface area contributed by atoms with Gasteiger partial charge in [0.2, 0.25) is 0 Å². The van der Waals surface area contributed by atoms with Crippen LogP contribution in [0.5, 0.6) is 0 Å². The highest BCUT2D eigenvalue weighted by molar-refractivity contribution is 5.96. The highest BCUT2D eigenvalue weighted by Gasteiger charge is 2.19. The van der Waals surface area contributed by atoms with Gasteiger partial charge in [-0.1, -0.05) is 6.07 Å². The lowest BCUT2D eigenvalue weighted by Gasteiger charge is -2.19. The molecule has 2 N–H and O–H groups in total. The maximum Gasteiger partial charge on any atom is 0.152 e. The number of hydrogen-bond acceptors (Lipinski definition) is 7. The molecular weight excluding hydrogens is 414 g/mol. The largest absolute Gasteiger partial charge is 0.357 e. The number of rotatable bonds is 7. The number of aldehydes is 1. The summed E-state index contributed by atoms with van der Waals surface area (Å²) in [6.45, 7) is 2.56. The van der Waals surface area contributed by atoms with E-state index in [4.69, 9.17) is 9.97 Å². The summed E-state index contributed by atoms with van der Waals surface area (Å²) in [5, 5.41) is 7.52. The summed E-state index contributed by atoms with van der Waals surface area (Å²) in [5.41, 5.74) is 4.66. The Bertz CT molecular complexity index is 1310. The van der Waals surface area contributed by atoms with Gasteiger partial charge in [0.1, 0.15) is 17.3 Å². The molecule has 5 rings (SSSR count). The highest BCUT2D eigenvalue weighted by Crippen LogP contribution is 2.33. The predicted octanol–water partition coefficient (Wildman–Crippen LogP) is 3.91. The molecule has 1 saturated heterocycles. The molecule has 33 heavy (non-hydrogen) atoms. The Morgan fingerprint density at radius 2 is 1.97 bits per heavy atom. The van der Waals surface area contributed by atoms with Gasteiger partial charge in [0.15, 0.2) is 6.29 Å². The van der Waals surface area contributed by atoms with Crippen molar-refractivity contribution < 1.29 is 4.79 Å². The number of aryl methyl sites for hydroxylation is 1. The molecule has 4 aromatic heterocycles. The molecule has 1 aliphatic heterocycles. The summed E-state index contributed by atoms with van der Waals surface area (Å²) in [4.78, 5) is 28.6. The van der Waals surface area contributed by atoms with Crippen molar-refractivity contribution in [1.82, 2.24) is 24.8 Å². The molecule has 5 heterocycles. The summed E-state index contributed by atoms with van der Waals surface area (Å²) in [6.07, 6.45) is 8.76. The van der Waals surface area contributed by atoms with Crippen LogP contribution in [0.3, 0.4) is 0 Å². The molecule has 0 amide bonds. The van der Waals surface area contributed by atoms with E-state index < -0.39 is 0 Å². The molecule has 4 aromatic rings. The van der Waals surface area contributed by atoms with Crippen LogP contribution in [0.25, 0.3) is 22.3 Å². The third kappa shape index (κ3) is 3.93. The second-order valence-corrected chi connectivity index (χ2v) is 8.28. The van der Waals surface area contributed by atoms with E-state index in [0.29, 0.717) is 23.6 Å². The van der Waals surface area contributed by atoms with Crippen molar-refractivity contribution in [3.8, 4) is 11.3 Å². The third-order valence-corrected chi connectivity index (χ3v) is 6.15. The molecule has 0 saturated carbocycles. The Morgan fingerprint density at radius 3 is 2.76 bits per heavy atom. The fourth-order valence-corrected chi connectivity index (χ4v) is 4.51. The molecular formula is C25H27N7O. The van der Waals surface area contributed by atoms with Crippen molar-refractivity contribution in [2.75, 3.05) is 30.4 Å². The maximum atomic E-state index is 12.3. The smallest absolute Gasteiger partial charge is 0.152 e. The summed E-state index contributed by atoms with van der Waals surface area (Å²) in [7, 11) is 3.83. The van der Waals surface area contributed by atoms with Gasteiger partial charge in [0.25, 0.3) is 0 Å². The summed E-state index contributed by atoms with van der Waals surface area (Å²) < 4.78 is 1.98. The van der Waals surface area contributed by atoms with Gasteiger partial charge in [0, 0.05) is 61.2 Å². The quantitative estimate of drug-likeness (QED) is 0.421. The lowest BCUT2D eigenvalue weighted by Crippen LogP contribution is -2.19. The fourth-order valence-electron chi connectivity index (χ4n) is 4.51. The Balaban J connectivity index is 1.57. The topological polar surface area (TPSA) is 88.0 Å². The van der Waals surface area contributed by atoms with E-state index in [9.17, 15) is 4.79 Å². The van der Waals surface area contributed by atoms with Gasteiger partial charge in [0.05, 0.1) is 17.6 Å². The maximum absolute atomic E-state index is 12.3. The van der Waals surface area contributed by atoms with E-state index in [1.807, 2.05) is 55.2 Å². The third-order valence-electron chi connectivity index (χ3n) is 6.15. The molecule has 0 radical (unpaired) electrons. The van der Waals surface area contributed by atoms with Gasteiger partial charge in [-0.2, -0.15) is 0 Å². The van der Waals surface area contributed by atoms with Crippen LogP contribution in [-0.2, 0) is 13.6 Å². The zero-order valence-corrected chi connectivity index (χ0v) is 18.9. The summed E-state index contributed by atoms with van der Waals surface area (Å²) >= 11 is 0. The SMILES string of the molecule is CNCc1c(-c2ccnc3c2ccn3C)ncc(Nc2cccc(N3CCCC3)n2)c1C=O. The number of anilines is 3. The minimum Gasteiger partial charge on any atom is -0.357 e. The normalized spacial score (nSPS) is 13.6. The van der Waals surface area contributed by atoms with Crippen LogP contribution < -0.4 is 15.5 Å². The average Bonchev–Trinajstić information content (AvgIpc) is 3.51. The molecule has 168 valence electrons. The average molecular weight is 442 g/mol. The van der Waals surface area contributed by atoms with Crippen molar-refractivity contribution in [2.45, 2.75) is 19.4 Å². The molecule has 8 nitrogen and oxygen atoms in total. The van der Waals surface area contributed by atoms with Gasteiger partial charge in [-0.3, -0.25) is 9.78 Å². The summed E-state index contributed by atoms with van der Waals surface area (Å²) in [6, 6.07) is 9.91. The molecule has 0 bridgehead atoms. The van der Waals surface area contributed by atoms with E-state index >= 15 is 0 Å². The van der Waals surface area contributed by atoms with Crippen molar-refractivity contribution in [3.63, 3.8) is 0 Å². The van der Waals surface area contributed by atoms with Crippen LogP contribution in [0.4, 0.5) is 17.3 Å². The second-order valence-electron chi connectivity index (χ2n) is 8.28. The first-order valence-electron chi connectivity index (χ1n) is 11.2. The number of carbonyl (C=O) groups is 1. The molecule has 0 aliphatic carbocycles. The summed E-state index contributed by atoms with van der Waals surface area (Å²) in [5.74, 6) is 1.65. The molecule has 1 aliphatic rings. The van der Waals surface area contributed by atoms with Gasteiger partial charge < -0.3 is 20.1 Å². The fraction of sp³-hybridized carbons (Fsp3) is 0.280. The van der Waals surface area contributed by atoms with Crippen molar-refractivity contribution in [3.05, 3.63) is 60.0 Å². The van der Waals surface area contributed by atoms with Crippen LogP contribution in [-0.4, -0.2) is 45.9 Å². The number of fused-ring (bicyclic) bond motifs is 1. The zero-order valence-electron chi connectivity index (χ0n) is 18.9. The van der Waals surface area contributed by atoms with Gasteiger partial charge in [-0.15, -0.1) is 0 Å². The predicted molar refractivity (Wildman–Crippen MR) is 131 cm³/mol. The lowest BCUT2D eigenvalue weighted by molar-refractivity contribution is 0.112. The number of aromatic nitrogens is 4. The first kappa shape index (κ1) is 21.1. The zero-order chi connectivity index (χ0) is 22.8. The van der Waals surface area contributed by atoms with E-state index in [1.54, 1.807) is 12.4 Å². The number of nitrogens with one attached hydrogen (secondary N) is 2. The van der Waals surface area contributed by atoms with Crippen molar-refractivity contribution in [1.29, 1.82) is 0 Å². The highest BCUT2D eigenvalue weighted by atomic mass is 16.1. The monoisotopic (exact) mass is 441 g/mol. The Morgan fingerprint density at radius 1 is 1.12 bits per heavy atom.